The Balaban J connectivity index is 0.000000172. The van der Waals surface area contributed by atoms with Gasteiger partial charge >= 0.3 is 0 Å². The lowest BCUT2D eigenvalue weighted by molar-refractivity contribution is -0.0490. The van der Waals surface area contributed by atoms with Crippen molar-refractivity contribution in [3.8, 4) is 11.8 Å². The second-order valence-corrected chi connectivity index (χ2v) is 6.87. The maximum absolute atomic E-state index is 12.0. The number of H-pyrrole nitrogens is 1. The van der Waals surface area contributed by atoms with Crippen LogP contribution in [0.1, 0.15) is 6.42 Å². The predicted molar refractivity (Wildman–Crippen MR) is 117 cm³/mol. The molecule has 1 N–H and O–H groups in total. The van der Waals surface area contributed by atoms with Gasteiger partial charge in [-0.15, -0.1) is 0 Å². The van der Waals surface area contributed by atoms with Gasteiger partial charge in [0.05, 0.1) is 39.8 Å². The van der Waals surface area contributed by atoms with Crippen LogP contribution in [-0.4, -0.2) is 63.2 Å². The topological polar surface area (TPSA) is 143 Å². The minimum atomic E-state index is -0.254. The van der Waals surface area contributed by atoms with Crippen molar-refractivity contribution >= 4 is 22.3 Å². The largest absolute Gasteiger partial charge is 0.480 e. The van der Waals surface area contributed by atoms with Crippen LogP contribution in [0.2, 0.25) is 0 Å². The highest BCUT2D eigenvalue weighted by molar-refractivity contribution is 5.70. The van der Waals surface area contributed by atoms with Crippen LogP contribution in [0.5, 0.6) is 11.8 Å². The molecule has 5 rings (SSSR count). The molecule has 0 aliphatic carbocycles. The molecular formula is C21H22N6O6. The molecule has 172 valence electrons. The molecule has 33 heavy (non-hydrogen) atoms. The Labute approximate surface area is 187 Å². The highest BCUT2D eigenvalue weighted by Crippen LogP contribution is 2.14. The summed E-state index contributed by atoms with van der Waals surface area (Å²) < 4.78 is 22.2. The van der Waals surface area contributed by atoms with Gasteiger partial charge in [-0.3, -0.25) is 14.2 Å². The van der Waals surface area contributed by atoms with E-state index in [1.165, 1.54) is 38.7 Å². The number of hydrogen-bond acceptors (Lipinski definition) is 10. The van der Waals surface area contributed by atoms with E-state index in [0.717, 1.165) is 0 Å². The number of pyridine rings is 2. The molecule has 0 radical (unpaired) electrons. The molecule has 0 amide bonds. The molecule has 0 saturated carbocycles. The Morgan fingerprint density at radius 2 is 1.64 bits per heavy atom. The fourth-order valence-corrected chi connectivity index (χ4v) is 3.16. The first-order chi connectivity index (χ1) is 16.1. The van der Waals surface area contributed by atoms with Crippen molar-refractivity contribution in [2.75, 3.05) is 27.4 Å². The zero-order chi connectivity index (χ0) is 23.2. The summed E-state index contributed by atoms with van der Waals surface area (Å²) in [5.74, 6) is 0.763. The normalized spacial score (nSPS) is 13.6. The Morgan fingerprint density at radius 1 is 0.970 bits per heavy atom. The van der Waals surface area contributed by atoms with Crippen LogP contribution in [0.25, 0.3) is 22.3 Å². The summed E-state index contributed by atoms with van der Waals surface area (Å²) in [6.45, 7) is 1.66. The van der Waals surface area contributed by atoms with Gasteiger partial charge < -0.3 is 23.9 Å². The van der Waals surface area contributed by atoms with Crippen LogP contribution in [0.15, 0.2) is 46.2 Å². The number of aromatic nitrogens is 6. The fourth-order valence-electron chi connectivity index (χ4n) is 3.16. The molecule has 1 saturated heterocycles. The van der Waals surface area contributed by atoms with Crippen LogP contribution in [0, 0.1) is 0 Å². The zero-order valence-corrected chi connectivity index (χ0v) is 18.1. The number of rotatable bonds is 5. The van der Waals surface area contributed by atoms with E-state index in [-0.39, 0.29) is 17.4 Å². The number of ether oxygens (including phenoxy) is 4. The van der Waals surface area contributed by atoms with Crippen molar-refractivity contribution < 1.29 is 18.9 Å². The summed E-state index contributed by atoms with van der Waals surface area (Å²) >= 11 is 0. The maximum Gasteiger partial charge on any atom is 0.252 e. The van der Waals surface area contributed by atoms with Gasteiger partial charge in [-0.25, -0.2) is 9.97 Å². The average molecular weight is 454 g/mol. The summed E-state index contributed by atoms with van der Waals surface area (Å²) in [6, 6.07) is 6.16. The van der Waals surface area contributed by atoms with Crippen LogP contribution >= 0.6 is 0 Å². The van der Waals surface area contributed by atoms with Crippen molar-refractivity contribution in [1.29, 1.82) is 0 Å². The summed E-state index contributed by atoms with van der Waals surface area (Å²) in [5, 5.41) is 0. The lowest BCUT2D eigenvalue weighted by Gasteiger charge is -2.12. The Hall–Kier alpha value is -3.90. The van der Waals surface area contributed by atoms with Gasteiger partial charge in [0, 0.05) is 25.1 Å². The summed E-state index contributed by atoms with van der Waals surface area (Å²) in [5.41, 5.74) is 1.91. The van der Waals surface area contributed by atoms with Crippen molar-refractivity contribution in [3.63, 3.8) is 0 Å². The fraction of sp³-hybridized carbons (Fsp3) is 0.333. The second kappa shape index (κ2) is 10.1. The number of fused-ring (bicyclic) bond motifs is 2. The molecule has 12 heteroatoms. The summed E-state index contributed by atoms with van der Waals surface area (Å²) in [4.78, 5) is 42.1. The monoisotopic (exact) mass is 454 g/mol. The van der Waals surface area contributed by atoms with Crippen LogP contribution < -0.4 is 20.6 Å². The van der Waals surface area contributed by atoms with Crippen LogP contribution in [0.3, 0.4) is 0 Å². The van der Waals surface area contributed by atoms with Crippen molar-refractivity contribution in [1.82, 2.24) is 29.5 Å². The maximum atomic E-state index is 12.0. The molecule has 1 aliphatic heterocycles. The quantitative estimate of drug-likeness (QED) is 0.462. The first kappa shape index (κ1) is 22.3. The van der Waals surface area contributed by atoms with E-state index in [1.54, 1.807) is 16.7 Å². The van der Waals surface area contributed by atoms with Gasteiger partial charge in [-0.05, 0) is 12.1 Å². The van der Waals surface area contributed by atoms with E-state index in [9.17, 15) is 9.59 Å². The third kappa shape index (κ3) is 5.30. The molecule has 0 atom stereocenters. The standard InChI is InChI=1S/C13H15N3O4.C8H7N3O2/c1-18-10-8-14-9-2-3-11(17)16(13(9)15-10)5-4-12-19-6-7-20-12;1-13-7-4-9-5-2-3-6(12)10-8(5)11-7/h2-3,8,12H,4-7H2,1H3;2-4H,1H3,(H,10,11,12). The van der Waals surface area contributed by atoms with E-state index in [0.29, 0.717) is 60.3 Å². The van der Waals surface area contributed by atoms with Gasteiger partial charge in [-0.2, -0.15) is 9.97 Å². The van der Waals surface area contributed by atoms with Crippen LogP contribution in [-0.2, 0) is 16.0 Å². The number of aryl methyl sites for hydroxylation is 1. The van der Waals surface area contributed by atoms with E-state index in [2.05, 4.69) is 24.9 Å². The van der Waals surface area contributed by atoms with Crippen LogP contribution in [0.4, 0.5) is 0 Å². The molecular weight excluding hydrogens is 432 g/mol. The molecule has 0 unspecified atom stereocenters. The SMILES string of the molecule is COc1cnc2ccc(=O)[nH]c2n1.COc1cnc2ccc(=O)n(CCC3OCCO3)c2n1. The highest BCUT2D eigenvalue weighted by atomic mass is 16.7. The molecule has 4 aromatic rings. The van der Waals surface area contributed by atoms with E-state index in [1.807, 2.05) is 0 Å². The Bertz CT molecular complexity index is 1360. The third-order valence-corrected chi connectivity index (χ3v) is 4.78. The molecule has 4 aromatic heterocycles. The van der Waals surface area contributed by atoms with Gasteiger partial charge in [0.2, 0.25) is 17.3 Å². The summed E-state index contributed by atoms with van der Waals surface area (Å²) in [7, 11) is 3.01. The van der Waals surface area contributed by atoms with Gasteiger partial charge in [-0.1, -0.05) is 0 Å². The number of nitrogens with zero attached hydrogens (tertiary/aromatic N) is 5. The minimum absolute atomic E-state index is 0.127. The van der Waals surface area contributed by atoms with Gasteiger partial charge in [0.1, 0.15) is 11.0 Å². The Kier molecular flexibility index (Phi) is 6.86. The lowest BCUT2D eigenvalue weighted by Crippen LogP contribution is -2.23. The number of methoxy groups -OCH3 is 2. The van der Waals surface area contributed by atoms with E-state index in [4.69, 9.17) is 18.9 Å². The van der Waals surface area contributed by atoms with Gasteiger partial charge in [0.25, 0.3) is 5.56 Å². The van der Waals surface area contributed by atoms with E-state index < -0.39 is 0 Å². The van der Waals surface area contributed by atoms with Crippen molar-refractivity contribution in [2.45, 2.75) is 19.3 Å². The first-order valence-electron chi connectivity index (χ1n) is 10.1. The third-order valence-electron chi connectivity index (χ3n) is 4.78. The summed E-state index contributed by atoms with van der Waals surface area (Å²) in [6.07, 6.45) is 3.37. The molecule has 1 aliphatic rings. The van der Waals surface area contributed by atoms with E-state index >= 15 is 0 Å². The first-order valence-corrected chi connectivity index (χ1v) is 10.1. The number of nitrogens with one attached hydrogen (secondary N) is 1. The number of hydrogen-bond donors (Lipinski definition) is 1. The zero-order valence-electron chi connectivity index (χ0n) is 18.1. The Morgan fingerprint density at radius 3 is 2.36 bits per heavy atom. The highest BCUT2D eigenvalue weighted by Gasteiger charge is 2.17. The van der Waals surface area contributed by atoms with Crippen molar-refractivity contribution in [2.24, 2.45) is 0 Å². The predicted octanol–water partition coefficient (Wildman–Crippen LogP) is 0.890. The molecule has 5 heterocycles. The minimum Gasteiger partial charge on any atom is -0.480 e. The smallest absolute Gasteiger partial charge is 0.252 e. The van der Waals surface area contributed by atoms with Gasteiger partial charge in [0.15, 0.2) is 17.6 Å². The molecule has 0 bridgehead atoms. The lowest BCUT2D eigenvalue weighted by atomic mass is 10.3. The average Bonchev–Trinajstić information content (AvgIpc) is 3.36. The molecule has 0 aromatic carbocycles. The second-order valence-electron chi connectivity index (χ2n) is 6.87. The molecule has 1 fully saturated rings. The molecule has 12 nitrogen and oxygen atoms in total. The number of aromatic amines is 1. The molecule has 0 spiro atoms. The van der Waals surface area contributed by atoms with Crippen molar-refractivity contribution in [3.05, 3.63) is 57.4 Å².